The standard InChI is InChI=1S/C14H18N2O2/c1-4-7-12(5-2)16-13-9-8-11(10-15-13)14(17)18-6-3/h2,8-10,12H,4,6-7H2,1,3H3,(H,15,16). The third-order valence-electron chi connectivity index (χ3n) is 2.38. The maximum absolute atomic E-state index is 11.4. The number of carbonyl (C=O) groups is 1. The summed E-state index contributed by atoms with van der Waals surface area (Å²) in [6.45, 7) is 4.20. The zero-order valence-electron chi connectivity index (χ0n) is 10.8. The fourth-order valence-corrected chi connectivity index (χ4v) is 1.48. The van der Waals surface area contributed by atoms with E-state index in [0.29, 0.717) is 18.0 Å². The van der Waals surface area contributed by atoms with Gasteiger partial charge in [0.15, 0.2) is 0 Å². The van der Waals surface area contributed by atoms with Gasteiger partial charge in [-0.05, 0) is 25.5 Å². The summed E-state index contributed by atoms with van der Waals surface area (Å²) in [4.78, 5) is 15.6. The normalized spacial score (nSPS) is 11.4. The Balaban J connectivity index is 2.65. The van der Waals surface area contributed by atoms with E-state index in [1.807, 2.05) is 0 Å². The van der Waals surface area contributed by atoms with Crippen LogP contribution in [0.4, 0.5) is 5.82 Å². The molecule has 1 rings (SSSR count). The highest BCUT2D eigenvalue weighted by Gasteiger charge is 2.08. The lowest BCUT2D eigenvalue weighted by Crippen LogP contribution is -2.17. The van der Waals surface area contributed by atoms with Crippen molar-refractivity contribution in [3.63, 3.8) is 0 Å². The van der Waals surface area contributed by atoms with Crippen molar-refractivity contribution in [3.8, 4) is 12.3 Å². The molecule has 0 saturated carbocycles. The number of hydrogen-bond acceptors (Lipinski definition) is 4. The van der Waals surface area contributed by atoms with E-state index in [1.54, 1.807) is 19.1 Å². The zero-order chi connectivity index (χ0) is 13.4. The van der Waals surface area contributed by atoms with Gasteiger partial charge in [0.05, 0.1) is 18.2 Å². The van der Waals surface area contributed by atoms with Gasteiger partial charge in [-0.3, -0.25) is 0 Å². The molecule has 1 aromatic heterocycles. The molecule has 1 unspecified atom stereocenters. The van der Waals surface area contributed by atoms with E-state index < -0.39 is 0 Å². The number of rotatable bonds is 6. The largest absolute Gasteiger partial charge is 0.462 e. The molecule has 4 nitrogen and oxygen atoms in total. The van der Waals surface area contributed by atoms with Gasteiger partial charge in [0.2, 0.25) is 0 Å². The van der Waals surface area contributed by atoms with Crippen molar-refractivity contribution in [2.24, 2.45) is 0 Å². The molecule has 96 valence electrons. The van der Waals surface area contributed by atoms with Crippen molar-refractivity contribution in [3.05, 3.63) is 23.9 Å². The molecule has 1 N–H and O–H groups in total. The second-order valence-electron chi connectivity index (χ2n) is 3.80. The molecular weight excluding hydrogens is 228 g/mol. The number of esters is 1. The minimum Gasteiger partial charge on any atom is -0.462 e. The van der Waals surface area contributed by atoms with Gasteiger partial charge in [0.25, 0.3) is 0 Å². The zero-order valence-corrected chi connectivity index (χ0v) is 10.8. The van der Waals surface area contributed by atoms with Crippen LogP contribution >= 0.6 is 0 Å². The van der Waals surface area contributed by atoms with E-state index in [4.69, 9.17) is 11.2 Å². The number of carbonyl (C=O) groups excluding carboxylic acids is 1. The van der Waals surface area contributed by atoms with Crippen LogP contribution < -0.4 is 5.32 Å². The highest BCUT2D eigenvalue weighted by molar-refractivity contribution is 5.89. The van der Waals surface area contributed by atoms with Crippen molar-refractivity contribution >= 4 is 11.8 Å². The summed E-state index contributed by atoms with van der Waals surface area (Å²) in [5.74, 6) is 2.97. The first-order valence-corrected chi connectivity index (χ1v) is 6.07. The van der Waals surface area contributed by atoms with Gasteiger partial charge in [0, 0.05) is 6.20 Å². The highest BCUT2D eigenvalue weighted by Crippen LogP contribution is 2.09. The summed E-state index contributed by atoms with van der Waals surface area (Å²) in [5, 5.41) is 3.13. The van der Waals surface area contributed by atoms with Crippen molar-refractivity contribution in [2.75, 3.05) is 11.9 Å². The van der Waals surface area contributed by atoms with Gasteiger partial charge in [-0.2, -0.15) is 0 Å². The number of nitrogens with one attached hydrogen (secondary N) is 1. The lowest BCUT2D eigenvalue weighted by molar-refractivity contribution is 0.0526. The molecule has 0 amide bonds. The van der Waals surface area contributed by atoms with E-state index >= 15 is 0 Å². The maximum atomic E-state index is 11.4. The Labute approximate surface area is 108 Å². The Hall–Kier alpha value is -2.02. The minimum absolute atomic E-state index is 0.0315. The van der Waals surface area contributed by atoms with Crippen LogP contribution in [0.15, 0.2) is 18.3 Å². The monoisotopic (exact) mass is 246 g/mol. The maximum Gasteiger partial charge on any atom is 0.339 e. The van der Waals surface area contributed by atoms with Crippen LogP contribution in [0.5, 0.6) is 0 Å². The second kappa shape index (κ2) is 7.33. The van der Waals surface area contributed by atoms with Crippen LogP contribution in [0.1, 0.15) is 37.0 Å². The molecule has 0 aliphatic carbocycles. The van der Waals surface area contributed by atoms with Crippen molar-refractivity contribution in [1.29, 1.82) is 0 Å². The topological polar surface area (TPSA) is 51.2 Å². The van der Waals surface area contributed by atoms with Crippen molar-refractivity contribution < 1.29 is 9.53 Å². The number of anilines is 1. The Morgan fingerprint density at radius 1 is 1.56 bits per heavy atom. The number of ether oxygens (including phenoxy) is 1. The predicted molar refractivity (Wildman–Crippen MR) is 71.3 cm³/mol. The molecular formula is C14H18N2O2. The smallest absolute Gasteiger partial charge is 0.339 e. The Morgan fingerprint density at radius 3 is 2.83 bits per heavy atom. The minimum atomic E-state index is -0.362. The number of nitrogens with zero attached hydrogens (tertiary/aromatic N) is 1. The number of terminal acetylenes is 1. The van der Waals surface area contributed by atoms with E-state index in [0.717, 1.165) is 12.8 Å². The molecule has 0 fully saturated rings. The molecule has 0 bridgehead atoms. The van der Waals surface area contributed by atoms with E-state index in [1.165, 1.54) is 6.20 Å². The average Bonchev–Trinajstić information content (AvgIpc) is 2.39. The summed E-state index contributed by atoms with van der Waals surface area (Å²) in [7, 11) is 0. The molecule has 0 spiro atoms. The van der Waals surface area contributed by atoms with Gasteiger partial charge in [-0.15, -0.1) is 6.42 Å². The first kappa shape index (κ1) is 14.0. The van der Waals surface area contributed by atoms with Gasteiger partial charge in [-0.25, -0.2) is 9.78 Å². The molecule has 4 heteroatoms. The molecule has 0 aliphatic rings. The van der Waals surface area contributed by atoms with Crippen molar-refractivity contribution in [1.82, 2.24) is 4.98 Å². The van der Waals surface area contributed by atoms with Gasteiger partial charge < -0.3 is 10.1 Å². The van der Waals surface area contributed by atoms with E-state index in [-0.39, 0.29) is 12.0 Å². The average molecular weight is 246 g/mol. The first-order chi connectivity index (χ1) is 8.71. The summed E-state index contributed by atoms with van der Waals surface area (Å²) < 4.78 is 4.88. The van der Waals surface area contributed by atoms with Gasteiger partial charge >= 0.3 is 5.97 Å². The van der Waals surface area contributed by atoms with E-state index in [2.05, 4.69) is 23.1 Å². The fourth-order valence-electron chi connectivity index (χ4n) is 1.48. The highest BCUT2D eigenvalue weighted by atomic mass is 16.5. The number of pyridine rings is 1. The molecule has 1 atom stereocenters. The van der Waals surface area contributed by atoms with Crippen LogP contribution in [-0.2, 0) is 4.74 Å². The number of aromatic nitrogens is 1. The molecule has 18 heavy (non-hydrogen) atoms. The van der Waals surface area contributed by atoms with E-state index in [9.17, 15) is 4.79 Å². The SMILES string of the molecule is C#CC(CCC)Nc1ccc(C(=O)OCC)cn1. The third-order valence-corrected chi connectivity index (χ3v) is 2.38. The molecule has 0 radical (unpaired) electrons. The Kier molecular flexibility index (Phi) is 5.72. The Morgan fingerprint density at radius 2 is 2.33 bits per heavy atom. The quantitative estimate of drug-likeness (QED) is 0.619. The van der Waals surface area contributed by atoms with Crippen LogP contribution in [0.25, 0.3) is 0 Å². The number of hydrogen-bond donors (Lipinski definition) is 1. The predicted octanol–water partition coefficient (Wildman–Crippen LogP) is 2.47. The first-order valence-electron chi connectivity index (χ1n) is 6.07. The second-order valence-corrected chi connectivity index (χ2v) is 3.80. The summed E-state index contributed by atoms with van der Waals surface area (Å²) in [6.07, 6.45) is 8.79. The molecule has 1 aromatic rings. The van der Waals surface area contributed by atoms with Crippen LogP contribution in [-0.4, -0.2) is 23.6 Å². The summed E-state index contributed by atoms with van der Waals surface area (Å²) in [6, 6.07) is 3.37. The lowest BCUT2D eigenvalue weighted by Gasteiger charge is -2.12. The molecule has 1 heterocycles. The molecule has 0 aliphatic heterocycles. The van der Waals surface area contributed by atoms with Crippen LogP contribution in [0.3, 0.4) is 0 Å². The Bertz CT molecular complexity index is 420. The molecule has 0 saturated heterocycles. The summed E-state index contributed by atoms with van der Waals surface area (Å²) >= 11 is 0. The van der Waals surface area contributed by atoms with Gasteiger partial charge in [0.1, 0.15) is 5.82 Å². The summed E-state index contributed by atoms with van der Waals surface area (Å²) in [5.41, 5.74) is 0.440. The van der Waals surface area contributed by atoms with Gasteiger partial charge in [-0.1, -0.05) is 19.3 Å². The fraction of sp³-hybridized carbons (Fsp3) is 0.429. The van der Waals surface area contributed by atoms with Crippen LogP contribution in [0.2, 0.25) is 0 Å². The lowest BCUT2D eigenvalue weighted by atomic mass is 10.2. The van der Waals surface area contributed by atoms with Crippen molar-refractivity contribution in [2.45, 2.75) is 32.7 Å². The third kappa shape index (κ3) is 4.10. The van der Waals surface area contributed by atoms with Crippen LogP contribution in [0, 0.1) is 12.3 Å². The molecule has 0 aromatic carbocycles.